The van der Waals surface area contributed by atoms with Crippen molar-refractivity contribution < 1.29 is 9.53 Å². The second-order valence-corrected chi connectivity index (χ2v) is 5.27. The van der Waals surface area contributed by atoms with Crippen LogP contribution in [0.3, 0.4) is 0 Å². The number of hydrogen-bond acceptors (Lipinski definition) is 3. The minimum atomic E-state index is -0.189. The molecule has 0 unspecified atom stereocenters. The minimum Gasteiger partial charge on any atom is -0.494 e. The van der Waals surface area contributed by atoms with Crippen LogP contribution in [0.4, 0.5) is 5.82 Å². The van der Waals surface area contributed by atoms with Gasteiger partial charge in [-0.05, 0) is 30.7 Å². The van der Waals surface area contributed by atoms with Crippen molar-refractivity contribution in [1.29, 1.82) is 0 Å². The van der Waals surface area contributed by atoms with Crippen LogP contribution in [-0.4, -0.2) is 22.3 Å². The van der Waals surface area contributed by atoms with E-state index in [1.54, 1.807) is 35.1 Å². The molecule has 0 bridgehead atoms. The molecule has 0 fully saturated rings. The van der Waals surface area contributed by atoms with E-state index in [-0.39, 0.29) is 5.91 Å². The fraction of sp³-hybridized carbons (Fsp3) is 0.158. The van der Waals surface area contributed by atoms with Gasteiger partial charge in [-0.2, -0.15) is 5.10 Å². The molecule has 5 heteroatoms. The maximum atomic E-state index is 12.5. The quantitative estimate of drug-likeness (QED) is 0.755. The first-order chi connectivity index (χ1) is 11.8. The van der Waals surface area contributed by atoms with E-state index < -0.39 is 0 Å². The highest BCUT2D eigenvalue weighted by atomic mass is 16.5. The van der Waals surface area contributed by atoms with Gasteiger partial charge in [0.05, 0.1) is 19.3 Å². The highest BCUT2D eigenvalue weighted by Gasteiger charge is 2.10. The van der Waals surface area contributed by atoms with Gasteiger partial charge in [-0.25, -0.2) is 4.68 Å². The Labute approximate surface area is 140 Å². The first-order valence-electron chi connectivity index (χ1n) is 7.86. The summed E-state index contributed by atoms with van der Waals surface area (Å²) < 4.78 is 7.20. The first kappa shape index (κ1) is 15.8. The van der Waals surface area contributed by atoms with Gasteiger partial charge in [-0.15, -0.1) is 0 Å². The molecule has 1 amide bonds. The molecule has 24 heavy (non-hydrogen) atoms. The first-order valence-corrected chi connectivity index (χ1v) is 7.86. The van der Waals surface area contributed by atoms with Crippen LogP contribution in [-0.2, 0) is 6.54 Å². The lowest BCUT2D eigenvalue weighted by Crippen LogP contribution is -2.16. The van der Waals surface area contributed by atoms with Crippen LogP contribution in [0.5, 0.6) is 5.75 Å². The average Bonchev–Trinajstić information content (AvgIpc) is 3.03. The van der Waals surface area contributed by atoms with Crippen LogP contribution in [0.25, 0.3) is 0 Å². The third-order valence-corrected chi connectivity index (χ3v) is 3.54. The summed E-state index contributed by atoms with van der Waals surface area (Å²) in [6.45, 7) is 3.08. The number of nitrogens with one attached hydrogen (secondary N) is 1. The zero-order valence-electron chi connectivity index (χ0n) is 13.5. The Morgan fingerprint density at radius 3 is 2.75 bits per heavy atom. The third-order valence-electron chi connectivity index (χ3n) is 3.54. The highest BCUT2D eigenvalue weighted by molar-refractivity contribution is 6.04. The molecule has 5 nitrogen and oxygen atoms in total. The SMILES string of the molecule is CCOc1cccc(C(=O)Nc2ccnn2Cc2ccccc2)c1. The maximum absolute atomic E-state index is 12.5. The summed E-state index contributed by atoms with van der Waals surface area (Å²) in [5.41, 5.74) is 1.67. The molecule has 1 heterocycles. The van der Waals surface area contributed by atoms with Crippen molar-refractivity contribution in [2.24, 2.45) is 0 Å². The Morgan fingerprint density at radius 1 is 1.12 bits per heavy atom. The number of nitrogens with zero attached hydrogens (tertiary/aromatic N) is 2. The van der Waals surface area contributed by atoms with Gasteiger partial charge in [0.1, 0.15) is 11.6 Å². The summed E-state index contributed by atoms with van der Waals surface area (Å²) in [5.74, 6) is 1.15. The molecule has 0 saturated carbocycles. The van der Waals surface area contributed by atoms with Crippen molar-refractivity contribution in [1.82, 2.24) is 9.78 Å². The van der Waals surface area contributed by atoms with Crippen LogP contribution < -0.4 is 10.1 Å². The minimum absolute atomic E-state index is 0.189. The number of aromatic nitrogens is 2. The summed E-state index contributed by atoms with van der Waals surface area (Å²) >= 11 is 0. The number of anilines is 1. The fourth-order valence-electron chi connectivity index (χ4n) is 2.40. The summed E-state index contributed by atoms with van der Waals surface area (Å²) in [5, 5.41) is 7.18. The van der Waals surface area contributed by atoms with Gasteiger partial charge in [-0.3, -0.25) is 4.79 Å². The molecule has 2 aromatic carbocycles. The van der Waals surface area contributed by atoms with E-state index in [0.29, 0.717) is 30.3 Å². The Morgan fingerprint density at radius 2 is 1.96 bits per heavy atom. The van der Waals surface area contributed by atoms with Gasteiger partial charge in [0, 0.05) is 11.6 Å². The molecule has 1 N–H and O–H groups in total. The summed E-state index contributed by atoms with van der Waals surface area (Å²) in [6.07, 6.45) is 1.68. The number of carbonyl (C=O) groups is 1. The van der Waals surface area contributed by atoms with E-state index in [2.05, 4.69) is 10.4 Å². The predicted octanol–water partition coefficient (Wildman–Crippen LogP) is 3.58. The van der Waals surface area contributed by atoms with Crippen LogP contribution >= 0.6 is 0 Å². The molecule has 0 aliphatic heterocycles. The summed E-state index contributed by atoms with van der Waals surface area (Å²) in [4.78, 5) is 12.5. The molecule has 0 radical (unpaired) electrons. The van der Waals surface area contributed by atoms with Crippen molar-refractivity contribution in [3.8, 4) is 5.75 Å². The van der Waals surface area contributed by atoms with E-state index in [4.69, 9.17) is 4.74 Å². The van der Waals surface area contributed by atoms with Crippen LogP contribution in [0.15, 0.2) is 66.9 Å². The lowest BCUT2D eigenvalue weighted by molar-refractivity contribution is 0.102. The van der Waals surface area contributed by atoms with Crippen molar-refractivity contribution in [3.63, 3.8) is 0 Å². The maximum Gasteiger partial charge on any atom is 0.256 e. The molecular weight excluding hydrogens is 302 g/mol. The molecule has 0 atom stereocenters. The van der Waals surface area contributed by atoms with E-state index >= 15 is 0 Å². The topological polar surface area (TPSA) is 56.1 Å². The normalized spacial score (nSPS) is 10.4. The fourth-order valence-corrected chi connectivity index (χ4v) is 2.40. The molecule has 3 aromatic rings. The second kappa shape index (κ2) is 7.46. The number of amides is 1. The molecule has 1 aromatic heterocycles. The van der Waals surface area contributed by atoms with Crippen molar-refractivity contribution in [3.05, 3.63) is 78.0 Å². The molecule has 0 aliphatic carbocycles. The van der Waals surface area contributed by atoms with E-state index in [0.717, 1.165) is 5.56 Å². The van der Waals surface area contributed by atoms with Gasteiger partial charge in [-0.1, -0.05) is 36.4 Å². The predicted molar refractivity (Wildman–Crippen MR) is 93.3 cm³/mol. The van der Waals surface area contributed by atoms with Crippen LogP contribution in [0, 0.1) is 0 Å². The van der Waals surface area contributed by atoms with Crippen molar-refractivity contribution in [2.75, 3.05) is 11.9 Å². The standard InChI is InChI=1S/C19H19N3O2/c1-2-24-17-10-6-9-16(13-17)19(23)21-18-11-12-20-22(18)14-15-7-4-3-5-8-15/h3-13H,2,14H2,1H3,(H,21,23). The Bertz CT molecular complexity index is 812. The molecule has 0 aliphatic rings. The average molecular weight is 321 g/mol. The number of carbonyl (C=O) groups excluding carboxylic acids is 1. The zero-order valence-corrected chi connectivity index (χ0v) is 13.5. The number of rotatable bonds is 6. The highest BCUT2D eigenvalue weighted by Crippen LogP contribution is 2.16. The van der Waals surface area contributed by atoms with Gasteiger partial charge >= 0.3 is 0 Å². The van der Waals surface area contributed by atoms with E-state index in [1.165, 1.54) is 0 Å². The largest absolute Gasteiger partial charge is 0.494 e. The summed E-state index contributed by atoms with van der Waals surface area (Å²) in [6, 6.07) is 18.9. The van der Waals surface area contributed by atoms with Gasteiger partial charge in [0.15, 0.2) is 0 Å². The molecule has 0 saturated heterocycles. The van der Waals surface area contributed by atoms with Crippen LogP contribution in [0.2, 0.25) is 0 Å². The molecule has 3 rings (SSSR count). The third kappa shape index (κ3) is 3.81. The molecular formula is C19H19N3O2. The lowest BCUT2D eigenvalue weighted by atomic mass is 10.2. The monoisotopic (exact) mass is 321 g/mol. The number of benzene rings is 2. The smallest absolute Gasteiger partial charge is 0.256 e. The Hall–Kier alpha value is -3.08. The van der Waals surface area contributed by atoms with Crippen molar-refractivity contribution >= 4 is 11.7 Å². The van der Waals surface area contributed by atoms with E-state index in [9.17, 15) is 4.79 Å². The van der Waals surface area contributed by atoms with E-state index in [1.807, 2.05) is 43.3 Å². The Kier molecular flexibility index (Phi) is 4.91. The molecule has 122 valence electrons. The van der Waals surface area contributed by atoms with Gasteiger partial charge < -0.3 is 10.1 Å². The Balaban J connectivity index is 1.73. The number of ether oxygens (including phenoxy) is 1. The van der Waals surface area contributed by atoms with Crippen molar-refractivity contribution in [2.45, 2.75) is 13.5 Å². The zero-order chi connectivity index (χ0) is 16.8. The number of hydrogen-bond donors (Lipinski definition) is 1. The second-order valence-electron chi connectivity index (χ2n) is 5.27. The van der Waals surface area contributed by atoms with Crippen LogP contribution in [0.1, 0.15) is 22.8 Å². The lowest BCUT2D eigenvalue weighted by Gasteiger charge is -2.10. The molecule has 0 spiro atoms. The van der Waals surface area contributed by atoms with Gasteiger partial charge in [0.2, 0.25) is 0 Å². The van der Waals surface area contributed by atoms with Gasteiger partial charge in [0.25, 0.3) is 5.91 Å². The summed E-state index contributed by atoms with van der Waals surface area (Å²) in [7, 11) is 0.